The molecule has 1 aliphatic rings. The van der Waals surface area contributed by atoms with Crippen molar-refractivity contribution in [1.29, 1.82) is 0 Å². The SMILES string of the molecule is [2H]C(C)(C)c1cnc(-c2[c-]cc(F)c3c2oc2cc(-c4ccccc4)ccc23)cc1C(C)(C)C1CCCC1.[2H]C([2H])(c1cc(-c2[c-]cccc2)nc[c]1[Ge]([CH3])([CH3])[CH3])C(C)C.[Ir]. The molecular weight excluding hydrogens is 952 g/mol. The predicted octanol–water partition coefficient (Wildman–Crippen LogP) is 14.1. The minimum absolute atomic E-state index is 0. The van der Waals surface area contributed by atoms with Gasteiger partial charge in [-0.25, -0.2) is 0 Å². The minimum Gasteiger partial charge on any atom is 0 e. The van der Waals surface area contributed by atoms with Gasteiger partial charge in [0.15, 0.2) is 0 Å². The van der Waals surface area contributed by atoms with Crippen LogP contribution in [-0.4, -0.2) is 23.2 Å². The predicted molar refractivity (Wildman–Crippen MR) is 240 cm³/mol. The number of pyridine rings is 2. The van der Waals surface area contributed by atoms with Crippen LogP contribution in [0.15, 0.2) is 108 Å². The molecule has 1 fully saturated rings. The number of halogens is 1. The number of hydrogen-bond donors (Lipinski definition) is 0. The summed E-state index contributed by atoms with van der Waals surface area (Å²) >= 11 is -2.20. The van der Waals surface area contributed by atoms with Gasteiger partial charge in [-0.2, -0.15) is 0 Å². The Bertz CT molecular complexity index is 2630. The Labute approximate surface area is 366 Å². The summed E-state index contributed by atoms with van der Waals surface area (Å²) in [6, 6.07) is 35.5. The van der Waals surface area contributed by atoms with Gasteiger partial charge < -0.3 is 9.40 Å². The smallest absolute Gasteiger partial charge is 0 e. The van der Waals surface area contributed by atoms with Gasteiger partial charge in [0.25, 0.3) is 0 Å². The van der Waals surface area contributed by atoms with Gasteiger partial charge in [0.2, 0.25) is 0 Å². The number of rotatable bonds is 9. The standard InChI is InChI=1S/C34H33FNO.C18H24GeN.Ir/c1-21(2)27-20-36-30(19-28(27)34(3,4)24-12-8-9-13-24)25-16-17-29(35)32-26-15-14-23(18-31(26)37-33(25)32)22-10-6-5-7-11-22;1-14(2)11-16-12-18(15-9-7-6-8-10-15)20-13-17(16)19(3,4)5;/h5-7,10-11,14-15,17-21,24H,8-9,12-13H2,1-4H3;6-9,12-14H,11H2,1-5H3;/q2*-1;/i21D;11D2;. The van der Waals surface area contributed by atoms with E-state index >= 15 is 4.39 Å². The molecule has 8 rings (SSSR count). The van der Waals surface area contributed by atoms with E-state index in [0.717, 1.165) is 48.9 Å². The van der Waals surface area contributed by atoms with E-state index in [1.54, 1.807) is 0 Å². The Morgan fingerprint density at radius 1 is 0.879 bits per heavy atom. The Balaban J connectivity index is 0.000000232. The van der Waals surface area contributed by atoms with Crippen molar-refractivity contribution < 1.29 is 33.0 Å². The second kappa shape index (κ2) is 18.2. The van der Waals surface area contributed by atoms with Crippen molar-refractivity contribution in [2.45, 2.75) is 102 Å². The van der Waals surface area contributed by atoms with E-state index in [9.17, 15) is 0 Å². The maximum Gasteiger partial charge on any atom is 0 e. The third kappa shape index (κ3) is 9.28. The zero-order valence-corrected chi connectivity index (χ0v) is 39.8. The first-order valence-electron chi connectivity index (χ1n) is 21.9. The van der Waals surface area contributed by atoms with Gasteiger partial charge in [0.1, 0.15) is 5.58 Å². The average molecular weight is 1010 g/mol. The molecule has 0 N–H and O–H groups in total. The van der Waals surface area contributed by atoms with Crippen molar-refractivity contribution in [3.05, 3.63) is 138 Å². The number of nitrogens with zero attached hydrogens (tertiary/aromatic N) is 2. The molecule has 1 radical (unpaired) electrons. The van der Waals surface area contributed by atoms with Crippen LogP contribution in [0.1, 0.15) is 93.9 Å². The van der Waals surface area contributed by atoms with Gasteiger partial charge in [-0.3, -0.25) is 4.39 Å². The molecule has 58 heavy (non-hydrogen) atoms. The summed E-state index contributed by atoms with van der Waals surface area (Å²) in [6.45, 7) is 12.3. The molecule has 3 aromatic heterocycles. The summed E-state index contributed by atoms with van der Waals surface area (Å²) in [6.07, 6.45) is 7.30. The first-order chi connectivity index (χ1) is 28.3. The average Bonchev–Trinajstić information content (AvgIpc) is 3.91. The molecule has 1 aliphatic carbocycles. The minimum atomic E-state index is -2.20. The molecule has 0 spiro atoms. The maximum atomic E-state index is 15.2. The molecule has 0 atom stereocenters. The van der Waals surface area contributed by atoms with Crippen LogP contribution in [0.3, 0.4) is 0 Å². The molecule has 303 valence electrons. The van der Waals surface area contributed by atoms with Crippen LogP contribution in [-0.2, 0) is 31.9 Å². The van der Waals surface area contributed by atoms with E-state index in [0.29, 0.717) is 33.7 Å². The van der Waals surface area contributed by atoms with Crippen LogP contribution >= 0.6 is 0 Å². The van der Waals surface area contributed by atoms with Crippen molar-refractivity contribution >= 4 is 39.6 Å². The molecule has 4 aromatic carbocycles. The van der Waals surface area contributed by atoms with Crippen molar-refractivity contribution in [2.24, 2.45) is 11.8 Å². The summed E-state index contributed by atoms with van der Waals surface area (Å²) in [5, 5.41) is 1.19. The summed E-state index contributed by atoms with van der Waals surface area (Å²) in [5.74, 6) is 6.18. The zero-order valence-electron chi connectivity index (χ0n) is 38.3. The largest absolute Gasteiger partial charge is 0 e. The summed E-state index contributed by atoms with van der Waals surface area (Å²) in [4.78, 5) is 9.40. The molecule has 0 saturated heterocycles. The number of furan rings is 1. The van der Waals surface area contributed by atoms with Gasteiger partial charge >= 0.3 is 128 Å². The fourth-order valence-electron chi connectivity index (χ4n) is 8.36. The van der Waals surface area contributed by atoms with Gasteiger partial charge in [-0.05, 0) is 69.5 Å². The fourth-order valence-corrected chi connectivity index (χ4v) is 11.3. The molecule has 7 aromatic rings. The number of hydrogen-bond acceptors (Lipinski definition) is 3. The van der Waals surface area contributed by atoms with Crippen LogP contribution in [0.5, 0.6) is 0 Å². The zero-order chi connectivity index (χ0) is 43.2. The Morgan fingerprint density at radius 2 is 1.59 bits per heavy atom. The van der Waals surface area contributed by atoms with E-state index in [4.69, 9.17) is 13.5 Å². The van der Waals surface area contributed by atoms with Gasteiger partial charge in [0.05, 0.1) is 5.58 Å². The molecule has 0 unspecified atom stereocenters. The number of aromatic nitrogens is 2. The second-order valence-corrected chi connectivity index (χ2v) is 28.2. The van der Waals surface area contributed by atoms with E-state index in [1.165, 1.54) is 31.7 Å². The fraction of sp³-hybridized carbons (Fsp3) is 0.346. The van der Waals surface area contributed by atoms with E-state index < -0.39 is 25.5 Å². The van der Waals surface area contributed by atoms with Crippen molar-refractivity contribution in [3.63, 3.8) is 0 Å². The molecule has 1 saturated carbocycles. The summed E-state index contributed by atoms with van der Waals surface area (Å²) in [7, 11) is 0. The van der Waals surface area contributed by atoms with Crippen LogP contribution < -0.4 is 4.40 Å². The number of benzene rings is 4. The number of fused-ring (bicyclic) bond motifs is 3. The van der Waals surface area contributed by atoms with Gasteiger partial charge in [-0.1, -0.05) is 94.6 Å². The molecule has 3 nitrogen and oxygen atoms in total. The summed E-state index contributed by atoms with van der Waals surface area (Å²) in [5.41, 5.74) is 9.04. The quantitative estimate of drug-likeness (QED) is 0.107. The van der Waals surface area contributed by atoms with Crippen LogP contribution in [0.4, 0.5) is 4.39 Å². The van der Waals surface area contributed by atoms with Crippen LogP contribution in [0, 0.1) is 29.8 Å². The first kappa shape index (κ1) is 39.6. The van der Waals surface area contributed by atoms with Crippen molar-refractivity contribution in [3.8, 4) is 33.6 Å². The molecule has 0 amide bonds. The van der Waals surface area contributed by atoms with Crippen molar-refractivity contribution in [2.75, 3.05) is 0 Å². The monoisotopic (exact) mass is 1010 g/mol. The third-order valence-corrected chi connectivity index (χ3v) is 15.7. The molecule has 0 bridgehead atoms. The molecule has 0 aliphatic heterocycles. The van der Waals surface area contributed by atoms with E-state index in [1.807, 2.05) is 107 Å². The molecular formula is C52H57FGeIrN2O-2. The molecule has 6 heteroatoms. The Morgan fingerprint density at radius 3 is 2.24 bits per heavy atom. The maximum absolute atomic E-state index is 15.2. The van der Waals surface area contributed by atoms with E-state index in [2.05, 4.69) is 66.4 Å². The van der Waals surface area contributed by atoms with Crippen LogP contribution in [0.25, 0.3) is 55.6 Å². The van der Waals surface area contributed by atoms with Crippen LogP contribution in [0.2, 0.25) is 17.3 Å². The Hall–Kier alpha value is -3.90. The van der Waals surface area contributed by atoms with Gasteiger partial charge in [-0.15, -0.1) is 12.1 Å². The molecule has 3 heterocycles. The topological polar surface area (TPSA) is 38.9 Å². The Kier molecular flexibility index (Phi) is 12.4. The van der Waals surface area contributed by atoms with Gasteiger partial charge in [0, 0.05) is 38.9 Å². The first-order valence-corrected chi connectivity index (χ1v) is 27.7. The third-order valence-electron chi connectivity index (χ3n) is 11.5. The summed E-state index contributed by atoms with van der Waals surface area (Å²) < 4.78 is 48.7. The van der Waals surface area contributed by atoms with E-state index in [-0.39, 0.29) is 37.3 Å². The van der Waals surface area contributed by atoms with Crippen molar-refractivity contribution in [1.82, 2.24) is 9.97 Å². The normalized spacial score (nSPS) is 14.8. The second-order valence-electron chi connectivity index (χ2n) is 17.7.